The third kappa shape index (κ3) is 5.38. The van der Waals surface area contributed by atoms with Crippen molar-refractivity contribution in [3.05, 3.63) is 95.6 Å². The Morgan fingerprint density at radius 2 is 1.31 bits per heavy atom. The summed E-state index contributed by atoms with van der Waals surface area (Å²) >= 11 is 0. The van der Waals surface area contributed by atoms with Gasteiger partial charge in [-0.05, 0) is 46.3 Å². The molecule has 3 nitrogen and oxygen atoms in total. The molecule has 0 N–H and O–H groups in total. The van der Waals surface area contributed by atoms with Crippen LogP contribution < -0.4 is 10.4 Å². The fourth-order valence-corrected chi connectivity index (χ4v) is 6.29. The lowest BCUT2D eigenvalue weighted by atomic mass is 9.84. The molecule has 0 amide bonds. The van der Waals surface area contributed by atoms with Gasteiger partial charge in [-0.25, -0.2) is 0 Å². The van der Waals surface area contributed by atoms with Crippen LogP contribution in [-0.2, 0) is 27.1 Å². The zero-order valence-corrected chi connectivity index (χ0v) is 20.7. The summed E-state index contributed by atoms with van der Waals surface area (Å²) in [4.78, 5) is 0. The summed E-state index contributed by atoms with van der Waals surface area (Å²) in [7, 11) is -1.43. The number of hydrogen-bond acceptors (Lipinski definition) is 3. The summed E-state index contributed by atoms with van der Waals surface area (Å²) in [6.07, 6.45) is -0.0562. The number of benzene rings is 3. The molecule has 1 atom stereocenters. The van der Waals surface area contributed by atoms with Crippen LogP contribution in [0.25, 0.3) is 0 Å². The Morgan fingerprint density at radius 3 is 1.84 bits per heavy atom. The van der Waals surface area contributed by atoms with E-state index in [1.54, 1.807) is 0 Å². The van der Waals surface area contributed by atoms with Crippen molar-refractivity contribution >= 4 is 19.4 Å². The Morgan fingerprint density at radius 1 is 0.781 bits per heavy atom. The Hall–Kier alpha value is -2.24. The van der Waals surface area contributed by atoms with Crippen LogP contribution in [0.1, 0.15) is 57.4 Å². The van der Waals surface area contributed by atoms with Crippen molar-refractivity contribution in [2.75, 3.05) is 0 Å². The van der Waals surface area contributed by atoms with Crippen molar-refractivity contribution in [1.82, 2.24) is 0 Å². The van der Waals surface area contributed by atoms with Gasteiger partial charge in [0, 0.05) is 0 Å². The highest BCUT2D eigenvalue weighted by atomic mass is 28.3. The lowest BCUT2D eigenvalue weighted by Gasteiger charge is -2.35. The molecular formula is C28H33O3Si. The average Bonchev–Trinajstić information content (AvgIpc) is 2.92. The van der Waals surface area contributed by atoms with E-state index in [-0.39, 0.29) is 11.5 Å². The molecule has 0 fully saturated rings. The largest absolute Gasteiger partial charge is 0.400 e. The van der Waals surface area contributed by atoms with Gasteiger partial charge in [-0.2, -0.15) is 0 Å². The Labute approximate surface area is 194 Å². The van der Waals surface area contributed by atoms with E-state index >= 15 is 0 Å². The maximum absolute atomic E-state index is 7.07. The Bertz CT molecular complexity index is 986. The Kier molecular flexibility index (Phi) is 6.68. The maximum Gasteiger partial charge on any atom is 0.283 e. The molecule has 4 rings (SSSR count). The lowest BCUT2D eigenvalue weighted by molar-refractivity contribution is -0.219. The highest BCUT2D eigenvalue weighted by molar-refractivity contribution is 6.80. The van der Waals surface area contributed by atoms with E-state index in [1.165, 1.54) is 27.1 Å². The standard InChI is InChI=1S/C28H33O3Si/c1-27(2,3)26(21-16-17-22-19-29-28(4,5)30-20-23(22)18-21)31-32(24-12-8-6-9-13-24)25-14-10-7-11-15-25/h6-18,26H,19-20H2,1-5H3. The molecule has 0 saturated heterocycles. The minimum atomic E-state index is -1.43. The average molecular weight is 446 g/mol. The van der Waals surface area contributed by atoms with Gasteiger partial charge in [0.2, 0.25) is 0 Å². The molecule has 1 radical (unpaired) electrons. The predicted octanol–water partition coefficient (Wildman–Crippen LogP) is 5.38. The molecule has 0 aromatic heterocycles. The van der Waals surface area contributed by atoms with Crippen LogP contribution in [-0.4, -0.2) is 14.8 Å². The van der Waals surface area contributed by atoms with Crippen LogP contribution >= 0.6 is 0 Å². The van der Waals surface area contributed by atoms with Crippen LogP contribution in [0.3, 0.4) is 0 Å². The minimum Gasteiger partial charge on any atom is -0.400 e. The van der Waals surface area contributed by atoms with Crippen molar-refractivity contribution in [3.63, 3.8) is 0 Å². The van der Waals surface area contributed by atoms with E-state index < -0.39 is 14.8 Å². The first-order valence-electron chi connectivity index (χ1n) is 11.3. The summed E-state index contributed by atoms with van der Waals surface area (Å²) in [5.74, 6) is -0.574. The quantitative estimate of drug-likeness (QED) is 0.494. The van der Waals surface area contributed by atoms with Crippen molar-refractivity contribution < 1.29 is 13.9 Å². The number of fused-ring (bicyclic) bond motifs is 1. The van der Waals surface area contributed by atoms with E-state index in [0.717, 1.165) is 0 Å². The molecule has 1 aliphatic heterocycles. The fourth-order valence-electron chi connectivity index (χ4n) is 3.97. The summed E-state index contributed by atoms with van der Waals surface area (Å²) in [6, 6.07) is 27.9. The molecule has 0 aliphatic carbocycles. The van der Waals surface area contributed by atoms with E-state index in [4.69, 9.17) is 13.9 Å². The van der Waals surface area contributed by atoms with Crippen LogP contribution in [0.15, 0.2) is 78.9 Å². The lowest BCUT2D eigenvalue weighted by Crippen LogP contribution is -2.47. The summed E-state index contributed by atoms with van der Waals surface area (Å²) in [5, 5.41) is 2.51. The molecule has 167 valence electrons. The highest BCUT2D eigenvalue weighted by Crippen LogP contribution is 2.38. The second-order valence-corrected chi connectivity index (χ2v) is 12.0. The molecule has 1 unspecified atom stereocenters. The first-order valence-corrected chi connectivity index (χ1v) is 12.7. The van der Waals surface area contributed by atoms with Crippen molar-refractivity contribution in [1.29, 1.82) is 0 Å². The number of hydrogen-bond donors (Lipinski definition) is 0. The van der Waals surface area contributed by atoms with Gasteiger partial charge in [-0.1, -0.05) is 99.6 Å². The van der Waals surface area contributed by atoms with Gasteiger partial charge in [-0.3, -0.25) is 0 Å². The van der Waals surface area contributed by atoms with Crippen LogP contribution in [0.4, 0.5) is 0 Å². The molecule has 1 heterocycles. The molecular weight excluding hydrogens is 412 g/mol. The molecule has 3 aromatic rings. The molecule has 0 spiro atoms. The molecule has 32 heavy (non-hydrogen) atoms. The van der Waals surface area contributed by atoms with Crippen molar-refractivity contribution in [3.8, 4) is 0 Å². The third-order valence-corrected chi connectivity index (χ3v) is 7.96. The fraction of sp³-hybridized carbons (Fsp3) is 0.357. The highest BCUT2D eigenvalue weighted by Gasteiger charge is 2.33. The zero-order valence-electron chi connectivity index (χ0n) is 19.7. The van der Waals surface area contributed by atoms with Gasteiger partial charge in [0.1, 0.15) is 0 Å². The summed E-state index contributed by atoms with van der Waals surface area (Å²) < 4.78 is 19.0. The first kappa shape index (κ1) is 22.9. The molecule has 0 saturated carbocycles. The topological polar surface area (TPSA) is 27.7 Å². The predicted molar refractivity (Wildman–Crippen MR) is 131 cm³/mol. The number of ether oxygens (including phenoxy) is 2. The molecule has 4 heteroatoms. The Balaban J connectivity index is 1.71. The van der Waals surface area contributed by atoms with Crippen molar-refractivity contribution in [2.24, 2.45) is 5.41 Å². The molecule has 1 aliphatic rings. The summed E-state index contributed by atoms with van der Waals surface area (Å²) in [6.45, 7) is 11.8. The van der Waals surface area contributed by atoms with Crippen LogP contribution in [0.2, 0.25) is 0 Å². The summed E-state index contributed by atoms with van der Waals surface area (Å²) in [5.41, 5.74) is 3.48. The van der Waals surface area contributed by atoms with Gasteiger partial charge in [0.05, 0.1) is 19.3 Å². The van der Waals surface area contributed by atoms with Gasteiger partial charge in [0.15, 0.2) is 5.79 Å². The first-order chi connectivity index (χ1) is 15.2. The van der Waals surface area contributed by atoms with E-state index in [1.807, 2.05) is 13.8 Å². The van der Waals surface area contributed by atoms with Gasteiger partial charge in [-0.15, -0.1) is 0 Å². The van der Waals surface area contributed by atoms with Crippen molar-refractivity contribution in [2.45, 2.75) is 59.7 Å². The number of rotatable bonds is 5. The second-order valence-electron chi connectivity index (χ2n) is 9.93. The third-order valence-electron chi connectivity index (χ3n) is 5.78. The van der Waals surface area contributed by atoms with E-state index in [2.05, 4.69) is 99.6 Å². The molecule has 3 aromatic carbocycles. The monoisotopic (exact) mass is 445 g/mol. The van der Waals surface area contributed by atoms with Crippen LogP contribution in [0.5, 0.6) is 0 Å². The minimum absolute atomic E-state index is 0.0562. The maximum atomic E-state index is 7.07. The van der Waals surface area contributed by atoms with E-state index in [0.29, 0.717) is 13.2 Å². The van der Waals surface area contributed by atoms with Gasteiger partial charge in [0.25, 0.3) is 9.04 Å². The second kappa shape index (κ2) is 9.32. The molecule has 0 bridgehead atoms. The van der Waals surface area contributed by atoms with Crippen LogP contribution in [0, 0.1) is 5.41 Å². The normalized spacial score (nSPS) is 16.9. The van der Waals surface area contributed by atoms with Gasteiger partial charge >= 0.3 is 0 Å². The SMILES string of the molecule is CC1(C)OCc2ccc(C(O[Si](c3ccccc3)c3ccccc3)C(C)(C)C)cc2CO1. The zero-order chi connectivity index (χ0) is 22.8. The smallest absolute Gasteiger partial charge is 0.283 e. The van der Waals surface area contributed by atoms with Gasteiger partial charge < -0.3 is 13.9 Å². The van der Waals surface area contributed by atoms with E-state index in [9.17, 15) is 0 Å².